The van der Waals surface area contributed by atoms with Crippen molar-refractivity contribution in [3.8, 4) is 0 Å². The van der Waals surface area contributed by atoms with Crippen molar-refractivity contribution in [1.29, 1.82) is 0 Å². The Morgan fingerprint density at radius 2 is 2.24 bits per heavy atom. The molecule has 0 spiro atoms. The summed E-state index contributed by atoms with van der Waals surface area (Å²) in [4.78, 5) is 28.1. The summed E-state index contributed by atoms with van der Waals surface area (Å²) in [7, 11) is 0. The molecule has 1 saturated heterocycles. The Bertz CT molecular complexity index is 719. The third kappa shape index (κ3) is 3.12. The molecule has 3 heterocycles. The maximum absolute atomic E-state index is 12.7. The average Bonchev–Trinajstić information content (AvgIpc) is 2.95. The maximum atomic E-state index is 12.7. The molecule has 0 aromatic carbocycles. The third-order valence-corrected chi connectivity index (χ3v) is 6.24. The van der Waals surface area contributed by atoms with Gasteiger partial charge < -0.3 is 5.11 Å². The Hall–Kier alpha value is -0.990. The SMILES string of the molecule is O=C(O)CSc1nc2ccsc2c(=O)n1C1CCSCC1. The summed E-state index contributed by atoms with van der Waals surface area (Å²) in [5, 5.41) is 11.3. The molecule has 2 aromatic heterocycles. The fourth-order valence-corrected chi connectivity index (χ4v) is 5.03. The molecule has 0 amide bonds. The van der Waals surface area contributed by atoms with E-state index in [1.54, 1.807) is 4.57 Å². The van der Waals surface area contributed by atoms with E-state index in [9.17, 15) is 9.59 Å². The first-order valence-corrected chi connectivity index (χ1v) is 9.61. The van der Waals surface area contributed by atoms with Gasteiger partial charge in [0.25, 0.3) is 5.56 Å². The Kier molecular flexibility index (Phi) is 4.56. The predicted molar refractivity (Wildman–Crippen MR) is 87.8 cm³/mol. The minimum Gasteiger partial charge on any atom is -0.481 e. The summed E-state index contributed by atoms with van der Waals surface area (Å²) in [5.41, 5.74) is 0.638. The summed E-state index contributed by atoms with van der Waals surface area (Å²) < 4.78 is 2.39. The lowest BCUT2D eigenvalue weighted by Gasteiger charge is -2.25. The quantitative estimate of drug-likeness (QED) is 0.680. The number of hydrogen-bond acceptors (Lipinski definition) is 6. The van der Waals surface area contributed by atoms with Crippen molar-refractivity contribution in [1.82, 2.24) is 9.55 Å². The van der Waals surface area contributed by atoms with Crippen LogP contribution in [-0.2, 0) is 4.79 Å². The Morgan fingerprint density at radius 3 is 2.95 bits per heavy atom. The number of thiophene rings is 1. The number of aromatic nitrogens is 2. The molecule has 1 fully saturated rings. The monoisotopic (exact) mass is 342 g/mol. The lowest BCUT2D eigenvalue weighted by Crippen LogP contribution is -2.29. The van der Waals surface area contributed by atoms with Crippen LogP contribution in [0, 0.1) is 0 Å². The van der Waals surface area contributed by atoms with Gasteiger partial charge >= 0.3 is 5.97 Å². The van der Waals surface area contributed by atoms with Crippen molar-refractivity contribution in [3.63, 3.8) is 0 Å². The first-order valence-electron chi connectivity index (χ1n) is 6.59. The number of hydrogen-bond donors (Lipinski definition) is 1. The predicted octanol–water partition coefficient (Wildman–Crippen LogP) is 2.70. The molecule has 0 bridgehead atoms. The summed E-state index contributed by atoms with van der Waals surface area (Å²) in [6, 6.07) is 1.95. The number of aliphatic carboxylic acids is 1. The van der Waals surface area contributed by atoms with Crippen LogP contribution in [0.2, 0.25) is 0 Å². The molecule has 5 nitrogen and oxygen atoms in total. The fraction of sp³-hybridized carbons (Fsp3) is 0.462. The number of carboxylic acids is 1. The second-order valence-corrected chi connectivity index (χ2v) is 7.81. The van der Waals surface area contributed by atoms with Crippen LogP contribution >= 0.6 is 34.9 Å². The molecule has 0 saturated carbocycles. The van der Waals surface area contributed by atoms with Gasteiger partial charge in [0.2, 0.25) is 0 Å². The first-order chi connectivity index (χ1) is 10.2. The zero-order chi connectivity index (χ0) is 14.8. The van der Waals surface area contributed by atoms with Crippen LogP contribution in [0.25, 0.3) is 10.2 Å². The van der Waals surface area contributed by atoms with E-state index >= 15 is 0 Å². The van der Waals surface area contributed by atoms with Crippen LogP contribution < -0.4 is 5.56 Å². The summed E-state index contributed by atoms with van der Waals surface area (Å²) >= 11 is 4.42. The second-order valence-electron chi connectivity index (χ2n) is 4.73. The maximum Gasteiger partial charge on any atom is 0.313 e. The standard InChI is InChI=1S/C13H14N2O3S3/c16-10(17)7-21-13-14-9-3-6-20-11(9)12(18)15(13)8-1-4-19-5-2-8/h3,6,8H,1-2,4-5,7H2,(H,16,17). The highest BCUT2D eigenvalue weighted by molar-refractivity contribution is 7.99. The molecule has 0 aliphatic carbocycles. The van der Waals surface area contributed by atoms with E-state index in [1.165, 1.54) is 11.3 Å². The second kappa shape index (κ2) is 6.41. The van der Waals surface area contributed by atoms with Crippen molar-refractivity contribution < 1.29 is 9.90 Å². The largest absolute Gasteiger partial charge is 0.481 e. The molecule has 8 heteroatoms. The van der Waals surface area contributed by atoms with E-state index in [-0.39, 0.29) is 17.4 Å². The Morgan fingerprint density at radius 1 is 1.48 bits per heavy atom. The lowest BCUT2D eigenvalue weighted by molar-refractivity contribution is -0.133. The molecular formula is C13H14N2O3S3. The van der Waals surface area contributed by atoms with E-state index in [4.69, 9.17) is 5.11 Å². The minimum atomic E-state index is -0.898. The topological polar surface area (TPSA) is 72.2 Å². The normalized spacial score (nSPS) is 16.4. The molecule has 0 atom stereocenters. The van der Waals surface area contributed by atoms with E-state index in [0.29, 0.717) is 15.4 Å². The number of carboxylic acid groups (broad SMARTS) is 1. The molecule has 1 N–H and O–H groups in total. The summed E-state index contributed by atoms with van der Waals surface area (Å²) in [6.07, 6.45) is 1.87. The molecule has 21 heavy (non-hydrogen) atoms. The van der Waals surface area contributed by atoms with E-state index < -0.39 is 5.97 Å². The molecule has 0 unspecified atom stereocenters. The summed E-state index contributed by atoms with van der Waals surface area (Å²) in [6.45, 7) is 0. The van der Waals surface area contributed by atoms with E-state index in [2.05, 4.69) is 4.98 Å². The Balaban J connectivity index is 2.08. The first kappa shape index (κ1) is 14.9. The van der Waals surface area contributed by atoms with Gasteiger partial charge in [0, 0.05) is 6.04 Å². The lowest BCUT2D eigenvalue weighted by atomic mass is 10.1. The number of carbonyl (C=O) groups is 1. The summed E-state index contributed by atoms with van der Waals surface area (Å²) in [5.74, 6) is 1.08. The van der Waals surface area contributed by atoms with Crippen LogP contribution in [-0.4, -0.2) is 37.9 Å². The van der Waals surface area contributed by atoms with E-state index in [0.717, 1.165) is 36.1 Å². The number of thioether (sulfide) groups is 2. The van der Waals surface area contributed by atoms with Gasteiger partial charge in [-0.3, -0.25) is 14.2 Å². The average molecular weight is 342 g/mol. The smallest absolute Gasteiger partial charge is 0.313 e. The Labute approximate surface area is 133 Å². The molecular weight excluding hydrogens is 328 g/mol. The molecule has 3 rings (SSSR count). The van der Waals surface area contributed by atoms with Crippen LogP contribution in [0.3, 0.4) is 0 Å². The number of fused-ring (bicyclic) bond motifs is 1. The third-order valence-electron chi connectivity index (χ3n) is 3.36. The van der Waals surface area contributed by atoms with Gasteiger partial charge in [-0.25, -0.2) is 4.98 Å². The molecule has 1 aliphatic heterocycles. The van der Waals surface area contributed by atoms with Crippen molar-refractivity contribution in [2.24, 2.45) is 0 Å². The van der Waals surface area contributed by atoms with Crippen molar-refractivity contribution in [2.75, 3.05) is 17.3 Å². The van der Waals surface area contributed by atoms with Gasteiger partial charge in [0.05, 0.1) is 11.3 Å². The van der Waals surface area contributed by atoms with Gasteiger partial charge in [-0.05, 0) is 35.8 Å². The number of rotatable bonds is 4. The van der Waals surface area contributed by atoms with Gasteiger partial charge in [-0.2, -0.15) is 11.8 Å². The minimum absolute atomic E-state index is 0.0280. The zero-order valence-corrected chi connectivity index (χ0v) is 13.6. The van der Waals surface area contributed by atoms with Gasteiger partial charge in [-0.15, -0.1) is 11.3 Å². The van der Waals surface area contributed by atoms with E-state index in [1.807, 2.05) is 23.2 Å². The fourth-order valence-electron chi connectivity index (χ4n) is 2.40. The van der Waals surface area contributed by atoms with Crippen LogP contribution in [0.4, 0.5) is 0 Å². The molecule has 1 aliphatic rings. The zero-order valence-electron chi connectivity index (χ0n) is 11.2. The molecule has 112 valence electrons. The highest BCUT2D eigenvalue weighted by Crippen LogP contribution is 2.30. The van der Waals surface area contributed by atoms with Crippen LogP contribution in [0.1, 0.15) is 18.9 Å². The van der Waals surface area contributed by atoms with Crippen molar-refractivity contribution >= 4 is 51.0 Å². The van der Waals surface area contributed by atoms with Crippen molar-refractivity contribution in [2.45, 2.75) is 24.0 Å². The highest BCUT2D eigenvalue weighted by atomic mass is 32.2. The van der Waals surface area contributed by atoms with Gasteiger partial charge in [0.1, 0.15) is 4.70 Å². The molecule has 0 radical (unpaired) electrons. The van der Waals surface area contributed by atoms with Gasteiger partial charge in [-0.1, -0.05) is 11.8 Å². The number of nitrogens with zero attached hydrogens (tertiary/aromatic N) is 2. The molecule has 2 aromatic rings. The van der Waals surface area contributed by atoms with Gasteiger partial charge in [0.15, 0.2) is 5.16 Å². The van der Waals surface area contributed by atoms with Crippen LogP contribution in [0.15, 0.2) is 21.4 Å². The van der Waals surface area contributed by atoms with Crippen LogP contribution in [0.5, 0.6) is 0 Å². The van der Waals surface area contributed by atoms with Crippen molar-refractivity contribution in [3.05, 3.63) is 21.8 Å². The highest BCUT2D eigenvalue weighted by Gasteiger charge is 2.22.